The first-order chi connectivity index (χ1) is 11.1. The summed E-state index contributed by atoms with van der Waals surface area (Å²) in [6, 6.07) is 9.49. The van der Waals surface area contributed by atoms with Crippen molar-refractivity contribution in [2.75, 3.05) is 13.1 Å². The van der Waals surface area contributed by atoms with E-state index < -0.39 is 0 Å². The minimum absolute atomic E-state index is 0.0249. The SMILES string of the molecule is Cc1ccc(-n2ccc(C(=O)NCC(=O)NCC3CC3)n2)cc1. The molecule has 120 valence electrons. The van der Waals surface area contributed by atoms with Crippen LogP contribution in [0.4, 0.5) is 0 Å². The van der Waals surface area contributed by atoms with Crippen LogP contribution >= 0.6 is 0 Å². The Morgan fingerprint density at radius 3 is 2.61 bits per heavy atom. The van der Waals surface area contributed by atoms with Crippen molar-refractivity contribution in [1.29, 1.82) is 0 Å². The number of aryl methyl sites for hydroxylation is 1. The lowest BCUT2D eigenvalue weighted by Gasteiger charge is -2.05. The van der Waals surface area contributed by atoms with E-state index in [0.29, 0.717) is 18.2 Å². The molecule has 0 unspecified atom stereocenters. The van der Waals surface area contributed by atoms with Crippen LogP contribution in [-0.2, 0) is 4.79 Å². The molecule has 6 heteroatoms. The first-order valence-electron chi connectivity index (χ1n) is 7.79. The molecule has 0 spiro atoms. The third-order valence-electron chi connectivity index (χ3n) is 3.81. The number of carbonyl (C=O) groups excluding carboxylic acids is 2. The van der Waals surface area contributed by atoms with E-state index in [1.54, 1.807) is 16.9 Å². The predicted octanol–water partition coefficient (Wildman–Crippen LogP) is 1.44. The average Bonchev–Trinajstić information content (AvgIpc) is 3.26. The van der Waals surface area contributed by atoms with Crippen molar-refractivity contribution in [3.63, 3.8) is 0 Å². The number of amides is 2. The standard InChI is InChI=1S/C17H20N4O2/c1-12-2-6-14(7-3-12)21-9-8-15(20-21)17(23)19-11-16(22)18-10-13-4-5-13/h2-3,6-9,13H,4-5,10-11H2,1H3,(H,18,22)(H,19,23). The Labute approximate surface area is 134 Å². The van der Waals surface area contributed by atoms with Gasteiger partial charge in [-0.15, -0.1) is 0 Å². The monoisotopic (exact) mass is 312 g/mol. The quantitative estimate of drug-likeness (QED) is 0.847. The van der Waals surface area contributed by atoms with Crippen molar-refractivity contribution in [3.8, 4) is 5.69 Å². The lowest BCUT2D eigenvalue weighted by molar-refractivity contribution is -0.120. The van der Waals surface area contributed by atoms with Gasteiger partial charge in [-0.2, -0.15) is 5.10 Å². The minimum atomic E-state index is -0.350. The van der Waals surface area contributed by atoms with E-state index in [0.717, 1.165) is 11.3 Å². The summed E-state index contributed by atoms with van der Waals surface area (Å²) in [5.74, 6) is 0.112. The number of aromatic nitrogens is 2. The van der Waals surface area contributed by atoms with Crippen LogP contribution < -0.4 is 10.6 Å². The van der Waals surface area contributed by atoms with E-state index in [1.807, 2.05) is 31.2 Å². The van der Waals surface area contributed by atoms with Gasteiger partial charge in [0.05, 0.1) is 12.2 Å². The molecule has 1 aliphatic rings. The first kappa shape index (κ1) is 15.3. The second kappa shape index (κ2) is 6.64. The van der Waals surface area contributed by atoms with Crippen molar-refractivity contribution < 1.29 is 9.59 Å². The van der Waals surface area contributed by atoms with Gasteiger partial charge >= 0.3 is 0 Å². The maximum Gasteiger partial charge on any atom is 0.272 e. The average molecular weight is 312 g/mol. The van der Waals surface area contributed by atoms with E-state index in [-0.39, 0.29) is 18.4 Å². The molecule has 2 aromatic rings. The minimum Gasteiger partial charge on any atom is -0.354 e. The van der Waals surface area contributed by atoms with Gasteiger partial charge < -0.3 is 10.6 Å². The highest BCUT2D eigenvalue weighted by Gasteiger charge is 2.21. The summed E-state index contributed by atoms with van der Waals surface area (Å²) in [5.41, 5.74) is 2.34. The molecule has 1 aromatic carbocycles. The molecule has 0 bridgehead atoms. The molecule has 2 N–H and O–H groups in total. The van der Waals surface area contributed by atoms with E-state index >= 15 is 0 Å². The van der Waals surface area contributed by atoms with Crippen LogP contribution in [0.15, 0.2) is 36.5 Å². The van der Waals surface area contributed by atoms with Gasteiger partial charge in [-0.1, -0.05) is 17.7 Å². The summed E-state index contributed by atoms with van der Waals surface area (Å²) in [6.45, 7) is 2.69. The van der Waals surface area contributed by atoms with Gasteiger partial charge in [0.15, 0.2) is 5.69 Å². The van der Waals surface area contributed by atoms with E-state index in [1.165, 1.54) is 12.8 Å². The van der Waals surface area contributed by atoms with Crippen LogP contribution in [-0.4, -0.2) is 34.7 Å². The maximum atomic E-state index is 12.0. The lowest BCUT2D eigenvalue weighted by Crippen LogP contribution is -2.37. The summed E-state index contributed by atoms with van der Waals surface area (Å²) in [5, 5.41) is 9.64. The van der Waals surface area contributed by atoms with Gasteiger partial charge in [-0.3, -0.25) is 9.59 Å². The molecule has 0 atom stereocenters. The number of nitrogens with zero attached hydrogens (tertiary/aromatic N) is 2. The molecular weight excluding hydrogens is 292 g/mol. The molecule has 1 saturated carbocycles. The third kappa shape index (κ3) is 4.18. The van der Waals surface area contributed by atoms with Crippen LogP contribution in [0.5, 0.6) is 0 Å². The van der Waals surface area contributed by atoms with Crippen LogP contribution in [0.25, 0.3) is 5.69 Å². The number of nitrogens with one attached hydrogen (secondary N) is 2. The van der Waals surface area contributed by atoms with Crippen LogP contribution in [0.1, 0.15) is 28.9 Å². The zero-order chi connectivity index (χ0) is 16.2. The Hall–Kier alpha value is -2.63. The smallest absolute Gasteiger partial charge is 0.272 e. The largest absolute Gasteiger partial charge is 0.354 e. The Kier molecular flexibility index (Phi) is 4.41. The number of rotatable bonds is 6. The molecule has 1 aliphatic carbocycles. The molecule has 23 heavy (non-hydrogen) atoms. The molecular formula is C17H20N4O2. The summed E-state index contributed by atoms with van der Waals surface area (Å²) >= 11 is 0. The highest BCUT2D eigenvalue weighted by Crippen LogP contribution is 2.27. The van der Waals surface area contributed by atoms with E-state index in [2.05, 4.69) is 15.7 Å². The molecule has 0 radical (unpaired) electrons. The fourth-order valence-corrected chi connectivity index (χ4v) is 2.18. The number of benzene rings is 1. The molecule has 2 amide bonds. The molecule has 0 saturated heterocycles. The second-order valence-corrected chi connectivity index (χ2v) is 5.91. The molecule has 1 aromatic heterocycles. The van der Waals surface area contributed by atoms with Gasteiger partial charge in [0.25, 0.3) is 5.91 Å². The molecule has 1 fully saturated rings. The Morgan fingerprint density at radius 1 is 1.17 bits per heavy atom. The fourth-order valence-electron chi connectivity index (χ4n) is 2.18. The van der Waals surface area contributed by atoms with E-state index in [9.17, 15) is 9.59 Å². The number of hydrogen-bond acceptors (Lipinski definition) is 3. The van der Waals surface area contributed by atoms with Crippen molar-refractivity contribution in [1.82, 2.24) is 20.4 Å². The van der Waals surface area contributed by atoms with Crippen molar-refractivity contribution in [3.05, 3.63) is 47.8 Å². The maximum absolute atomic E-state index is 12.0. The van der Waals surface area contributed by atoms with Gasteiger partial charge in [0.1, 0.15) is 0 Å². The van der Waals surface area contributed by atoms with Gasteiger partial charge in [0.2, 0.25) is 5.91 Å². The predicted molar refractivity (Wildman–Crippen MR) is 86.4 cm³/mol. The van der Waals surface area contributed by atoms with Gasteiger partial charge in [-0.05, 0) is 43.9 Å². The van der Waals surface area contributed by atoms with Crippen molar-refractivity contribution >= 4 is 11.8 Å². The van der Waals surface area contributed by atoms with E-state index in [4.69, 9.17) is 0 Å². The van der Waals surface area contributed by atoms with Crippen LogP contribution in [0.2, 0.25) is 0 Å². The third-order valence-corrected chi connectivity index (χ3v) is 3.81. The van der Waals surface area contributed by atoms with Gasteiger partial charge in [-0.25, -0.2) is 4.68 Å². The van der Waals surface area contributed by atoms with Crippen molar-refractivity contribution in [2.24, 2.45) is 5.92 Å². The summed E-state index contributed by atoms with van der Waals surface area (Å²) in [4.78, 5) is 23.6. The normalized spacial score (nSPS) is 13.6. The first-order valence-corrected chi connectivity index (χ1v) is 7.79. The molecule has 3 rings (SSSR count). The number of carbonyl (C=O) groups is 2. The molecule has 6 nitrogen and oxygen atoms in total. The van der Waals surface area contributed by atoms with Crippen molar-refractivity contribution in [2.45, 2.75) is 19.8 Å². The topological polar surface area (TPSA) is 76.0 Å². The van der Waals surface area contributed by atoms with Gasteiger partial charge in [0, 0.05) is 12.7 Å². The fraction of sp³-hybridized carbons (Fsp3) is 0.353. The van der Waals surface area contributed by atoms with Crippen LogP contribution in [0, 0.1) is 12.8 Å². The molecule has 0 aliphatic heterocycles. The Balaban J connectivity index is 1.53. The van der Waals surface area contributed by atoms with Crippen LogP contribution in [0.3, 0.4) is 0 Å². The second-order valence-electron chi connectivity index (χ2n) is 5.91. The lowest BCUT2D eigenvalue weighted by atomic mass is 10.2. The summed E-state index contributed by atoms with van der Waals surface area (Å²) in [6.07, 6.45) is 4.10. The molecule has 1 heterocycles. The zero-order valence-electron chi connectivity index (χ0n) is 13.1. The highest BCUT2D eigenvalue weighted by molar-refractivity contribution is 5.94. The Bertz CT molecular complexity index is 702. The Morgan fingerprint density at radius 2 is 1.91 bits per heavy atom. The summed E-state index contributed by atoms with van der Waals surface area (Å²) < 4.78 is 1.64. The zero-order valence-corrected chi connectivity index (χ0v) is 13.1. The summed E-state index contributed by atoms with van der Waals surface area (Å²) in [7, 11) is 0. The highest BCUT2D eigenvalue weighted by atomic mass is 16.2. The number of hydrogen-bond donors (Lipinski definition) is 2.